The first-order chi connectivity index (χ1) is 8.22. The minimum absolute atomic E-state index is 0.0829. The number of para-hydroxylation sites is 1. The van der Waals surface area contributed by atoms with Gasteiger partial charge < -0.3 is 10.6 Å². The van der Waals surface area contributed by atoms with Crippen LogP contribution in [0.2, 0.25) is 0 Å². The number of hydrogen-bond acceptors (Lipinski definition) is 3. The monoisotopic (exact) mass is 231 g/mol. The van der Waals surface area contributed by atoms with Gasteiger partial charge in [0.05, 0.1) is 6.04 Å². The molecule has 3 aliphatic rings. The molecule has 3 fully saturated rings. The summed E-state index contributed by atoms with van der Waals surface area (Å²) in [6.07, 6.45) is 1.01. The highest BCUT2D eigenvalue weighted by Crippen LogP contribution is 2.35. The fraction of sp³-hybridized carbons (Fsp3) is 0.462. The van der Waals surface area contributed by atoms with E-state index >= 15 is 0 Å². The van der Waals surface area contributed by atoms with E-state index in [4.69, 9.17) is 5.73 Å². The predicted molar refractivity (Wildman–Crippen MR) is 66.6 cm³/mol. The zero-order valence-electron chi connectivity index (χ0n) is 9.97. The maximum absolute atomic E-state index is 12.3. The molecule has 0 saturated carbocycles. The minimum Gasteiger partial charge on any atom is -0.326 e. The van der Waals surface area contributed by atoms with Crippen molar-refractivity contribution >= 4 is 11.6 Å². The molecule has 1 aromatic rings. The Labute approximate surface area is 101 Å². The highest BCUT2D eigenvalue weighted by Gasteiger charge is 2.48. The number of nitrogens with zero attached hydrogens (tertiary/aromatic N) is 2. The highest BCUT2D eigenvalue weighted by atomic mass is 16.2. The zero-order chi connectivity index (χ0) is 12.0. The van der Waals surface area contributed by atoms with E-state index in [2.05, 4.69) is 4.90 Å². The smallest absolute Gasteiger partial charge is 0.244 e. The van der Waals surface area contributed by atoms with Crippen molar-refractivity contribution in [2.45, 2.75) is 25.0 Å². The van der Waals surface area contributed by atoms with Crippen molar-refractivity contribution in [1.82, 2.24) is 4.90 Å². The van der Waals surface area contributed by atoms with Crippen molar-refractivity contribution < 1.29 is 4.79 Å². The van der Waals surface area contributed by atoms with Crippen LogP contribution in [0.5, 0.6) is 0 Å². The summed E-state index contributed by atoms with van der Waals surface area (Å²) in [5, 5.41) is 0. The molecule has 0 aromatic heterocycles. The summed E-state index contributed by atoms with van der Waals surface area (Å²) in [4.78, 5) is 16.4. The summed E-state index contributed by atoms with van der Waals surface area (Å²) < 4.78 is 0. The number of nitrogens with two attached hydrogens (primary N) is 1. The van der Waals surface area contributed by atoms with E-state index in [1.165, 1.54) is 0 Å². The molecule has 4 heteroatoms. The third-order valence-electron chi connectivity index (χ3n) is 4.01. The van der Waals surface area contributed by atoms with Crippen LogP contribution in [0.3, 0.4) is 0 Å². The largest absolute Gasteiger partial charge is 0.326 e. The van der Waals surface area contributed by atoms with E-state index in [0.717, 1.165) is 24.2 Å². The average Bonchev–Trinajstić information content (AvgIpc) is 2.37. The van der Waals surface area contributed by atoms with Crippen molar-refractivity contribution in [2.75, 3.05) is 18.5 Å². The van der Waals surface area contributed by atoms with Crippen molar-refractivity contribution in [3.8, 4) is 0 Å². The quantitative estimate of drug-likeness (QED) is 0.809. The van der Waals surface area contributed by atoms with Gasteiger partial charge in [0.2, 0.25) is 5.91 Å². The van der Waals surface area contributed by atoms with Crippen LogP contribution in [0.4, 0.5) is 5.69 Å². The SMILES string of the molecule is CN1C2CC1C(=O)N(c1ccccc1CN)C2. The second-order valence-electron chi connectivity index (χ2n) is 4.85. The van der Waals surface area contributed by atoms with E-state index in [9.17, 15) is 4.79 Å². The molecule has 0 radical (unpaired) electrons. The normalized spacial score (nSPS) is 28.1. The van der Waals surface area contributed by atoms with E-state index < -0.39 is 0 Å². The molecule has 4 rings (SSSR count). The molecule has 2 N–H and O–H groups in total. The van der Waals surface area contributed by atoms with Crippen LogP contribution in [-0.4, -0.2) is 36.5 Å². The van der Waals surface area contributed by atoms with E-state index in [1.807, 2.05) is 36.2 Å². The van der Waals surface area contributed by atoms with Gasteiger partial charge in [0.15, 0.2) is 0 Å². The van der Waals surface area contributed by atoms with Crippen molar-refractivity contribution in [3.63, 3.8) is 0 Å². The molecule has 3 heterocycles. The zero-order valence-corrected chi connectivity index (χ0v) is 9.97. The van der Waals surface area contributed by atoms with E-state index in [-0.39, 0.29) is 11.9 Å². The fourth-order valence-electron chi connectivity index (χ4n) is 2.83. The van der Waals surface area contributed by atoms with Gasteiger partial charge in [-0.15, -0.1) is 0 Å². The minimum atomic E-state index is 0.0829. The number of carbonyl (C=O) groups excluding carboxylic acids is 1. The van der Waals surface area contributed by atoms with Gasteiger partial charge in [-0.25, -0.2) is 0 Å². The first-order valence-electron chi connectivity index (χ1n) is 6.03. The molecule has 0 aliphatic carbocycles. The predicted octanol–water partition coefficient (Wildman–Crippen LogP) is 0.565. The van der Waals surface area contributed by atoms with Gasteiger partial charge in [0.1, 0.15) is 0 Å². The summed E-state index contributed by atoms with van der Waals surface area (Å²) in [5.41, 5.74) is 7.76. The van der Waals surface area contributed by atoms with Crippen LogP contribution in [0.1, 0.15) is 12.0 Å². The number of likely N-dealkylation sites (N-methyl/N-ethyl adjacent to an activating group) is 1. The van der Waals surface area contributed by atoms with E-state index in [1.54, 1.807) is 0 Å². The van der Waals surface area contributed by atoms with Crippen LogP contribution in [0, 0.1) is 0 Å². The molecule has 4 nitrogen and oxygen atoms in total. The third kappa shape index (κ3) is 1.48. The molecule has 1 aromatic carbocycles. The number of benzene rings is 1. The maximum atomic E-state index is 12.3. The lowest BCUT2D eigenvalue weighted by molar-refractivity contribution is -0.135. The second kappa shape index (κ2) is 3.82. The maximum Gasteiger partial charge on any atom is 0.244 e. The Kier molecular flexibility index (Phi) is 2.42. The van der Waals surface area contributed by atoms with Crippen molar-refractivity contribution in [3.05, 3.63) is 29.8 Å². The lowest BCUT2D eigenvalue weighted by Crippen LogP contribution is -2.70. The Morgan fingerprint density at radius 2 is 2.18 bits per heavy atom. The van der Waals surface area contributed by atoms with Gasteiger partial charge in [-0.05, 0) is 25.1 Å². The topological polar surface area (TPSA) is 49.6 Å². The molecule has 2 unspecified atom stereocenters. The molecule has 1 amide bonds. The molecule has 17 heavy (non-hydrogen) atoms. The van der Waals surface area contributed by atoms with Gasteiger partial charge in [-0.1, -0.05) is 18.2 Å². The molecule has 3 saturated heterocycles. The standard InChI is InChI=1S/C13H17N3O/c1-15-10-6-12(15)13(17)16(8-10)11-5-3-2-4-9(11)7-14/h2-5,10,12H,6-8,14H2,1H3. The Balaban J connectivity index is 1.93. The lowest BCUT2D eigenvalue weighted by atomic mass is 9.87. The van der Waals surface area contributed by atoms with Gasteiger partial charge in [0, 0.05) is 24.8 Å². The third-order valence-corrected chi connectivity index (χ3v) is 4.01. The first kappa shape index (κ1) is 10.7. The summed E-state index contributed by atoms with van der Waals surface area (Å²) in [6.45, 7) is 1.27. The fourth-order valence-corrected chi connectivity index (χ4v) is 2.83. The van der Waals surface area contributed by atoms with Crippen LogP contribution >= 0.6 is 0 Å². The number of amides is 1. The average molecular weight is 231 g/mol. The molecule has 2 atom stereocenters. The second-order valence-corrected chi connectivity index (χ2v) is 4.85. The summed E-state index contributed by atoms with van der Waals surface area (Å²) in [5.74, 6) is 0.218. The number of fused-ring (bicyclic) bond motifs is 2. The van der Waals surface area contributed by atoms with Crippen LogP contribution in [0.25, 0.3) is 0 Å². The molecule has 90 valence electrons. The van der Waals surface area contributed by atoms with Gasteiger partial charge in [-0.3, -0.25) is 9.69 Å². The first-order valence-corrected chi connectivity index (χ1v) is 6.03. The van der Waals surface area contributed by atoms with Gasteiger partial charge in [0.25, 0.3) is 0 Å². The summed E-state index contributed by atoms with van der Waals surface area (Å²) in [6, 6.07) is 8.51. The Bertz CT molecular complexity index is 460. The Morgan fingerprint density at radius 3 is 2.82 bits per heavy atom. The number of piperazine rings is 1. The summed E-state index contributed by atoms with van der Waals surface area (Å²) >= 11 is 0. The molecule has 0 spiro atoms. The lowest BCUT2D eigenvalue weighted by Gasteiger charge is -2.53. The number of anilines is 1. The summed E-state index contributed by atoms with van der Waals surface area (Å²) in [7, 11) is 2.03. The molecular weight excluding hydrogens is 214 g/mol. The van der Waals surface area contributed by atoms with E-state index in [0.29, 0.717) is 12.6 Å². The van der Waals surface area contributed by atoms with Crippen molar-refractivity contribution in [1.29, 1.82) is 0 Å². The molecule has 2 bridgehead atoms. The number of rotatable bonds is 2. The molecular formula is C13H17N3O. The van der Waals surface area contributed by atoms with Crippen LogP contribution < -0.4 is 10.6 Å². The van der Waals surface area contributed by atoms with Gasteiger partial charge in [-0.2, -0.15) is 0 Å². The number of carbonyl (C=O) groups is 1. The van der Waals surface area contributed by atoms with Crippen LogP contribution in [-0.2, 0) is 11.3 Å². The molecule has 3 aliphatic heterocycles. The Morgan fingerprint density at radius 1 is 1.41 bits per heavy atom. The van der Waals surface area contributed by atoms with Gasteiger partial charge >= 0.3 is 0 Å². The number of piperidine rings is 1. The number of hydrogen-bond donors (Lipinski definition) is 1. The van der Waals surface area contributed by atoms with Crippen molar-refractivity contribution in [2.24, 2.45) is 5.73 Å². The Hall–Kier alpha value is -1.39. The highest BCUT2D eigenvalue weighted by molar-refractivity contribution is 6.00. The van der Waals surface area contributed by atoms with Crippen LogP contribution in [0.15, 0.2) is 24.3 Å².